The van der Waals surface area contributed by atoms with Gasteiger partial charge in [0.2, 0.25) is 0 Å². The second-order valence-corrected chi connectivity index (χ2v) is 1.36. The molecule has 0 saturated heterocycles. The minimum atomic E-state index is 0.731. The highest BCUT2D eigenvalue weighted by Gasteiger charge is 1.74. The smallest absolute Gasteiger partial charge is 0.142 e. The number of aldehydes is 1. The van der Waals surface area contributed by atoms with Gasteiger partial charge in [0.15, 0.2) is 0 Å². The molecule has 0 spiro atoms. The first-order chi connectivity index (χ1) is 3.81. The summed E-state index contributed by atoms with van der Waals surface area (Å²) in [6.07, 6.45) is 3.81. The Bertz CT molecular complexity index is 124. The Kier molecular flexibility index (Phi) is 3.76. The lowest BCUT2D eigenvalue weighted by molar-refractivity contribution is -0.104. The molecule has 0 unspecified atom stereocenters. The highest BCUT2D eigenvalue weighted by atomic mass is 16.1. The van der Waals surface area contributed by atoms with Gasteiger partial charge < -0.3 is 0 Å². The number of allylic oxidation sites excluding steroid dienone is 2. The number of nitrogens with zero attached hydrogens (tertiary/aromatic N) is 1. The lowest BCUT2D eigenvalue weighted by Gasteiger charge is -1.80. The van der Waals surface area contributed by atoms with E-state index in [1.165, 1.54) is 6.08 Å². The molecule has 2 nitrogen and oxygen atoms in total. The predicted molar refractivity (Wildman–Crippen MR) is 34.2 cm³/mol. The Labute approximate surface area is 48.9 Å². The van der Waals surface area contributed by atoms with Gasteiger partial charge in [0.1, 0.15) is 6.29 Å². The number of rotatable bonds is 2. The molecule has 0 amide bonds. The molecule has 0 aromatic heterocycles. The van der Waals surface area contributed by atoms with E-state index in [-0.39, 0.29) is 0 Å². The topological polar surface area (TPSA) is 29.4 Å². The van der Waals surface area contributed by atoms with Crippen LogP contribution >= 0.6 is 0 Å². The Balaban J connectivity index is 3.69. The molecular formula is C6H9NO. The van der Waals surface area contributed by atoms with Crippen LogP contribution in [0.25, 0.3) is 0 Å². The molecular weight excluding hydrogens is 102 g/mol. The molecule has 0 fully saturated rings. The van der Waals surface area contributed by atoms with Gasteiger partial charge in [0.25, 0.3) is 0 Å². The molecule has 0 saturated carbocycles. The summed E-state index contributed by atoms with van der Waals surface area (Å²) < 4.78 is 0. The maximum atomic E-state index is 9.68. The minimum absolute atomic E-state index is 0.731. The monoisotopic (exact) mass is 111 g/mol. The van der Waals surface area contributed by atoms with Crippen LogP contribution in [-0.2, 0) is 4.79 Å². The number of carbonyl (C=O) groups excluding carboxylic acids is 1. The van der Waals surface area contributed by atoms with Gasteiger partial charge in [-0.25, -0.2) is 0 Å². The van der Waals surface area contributed by atoms with E-state index < -0.39 is 0 Å². The summed E-state index contributed by atoms with van der Waals surface area (Å²) in [5.41, 5.74) is 0.858. The van der Waals surface area contributed by atoms with Crippen molar-refractivity contribution in [2.75, 3.05) is 7.05 Å². The number of aliphatic imine (C=N–C) groups is 1. The van der Waals surface area contributed by atoms with E-state index in [2.05, 4.69) is 4.99 Å². The average Bonchev–Trinajstić information content (AvgIpc) is 1.83. The van der Waals surface area contributed by atoms with Crippen LogP contribution in [0.3, 0.4) is 0 Å². The summed E-state index contributed by atoms with van der Waals surface area (Å²) >= 11 is 0. The Morgan fingerprint density at radius 1 is 1.62 bits per heavy atom. The van der Waals surface area contributed by atoms with E-state index in [1.807, 2.05) is 6.92 Å². The van der Waals surface area contributed by atoms with Gasteiger partial charge in [0.05, 0.1) is 0 Å². The Hall–Kier alpha value is -0.920. The van der Waals surface area contributed by atoms with Gasteiger partial charge in [-0.05, 0) is 19.1 Å². The normalized spacial score (nSPS) is 12.5. The van der Waals surface area contributed by atoms with Crippen LogP contribution in [0.1, 0.15) is 6.92 Å². The van der Waals surface area contributed by atoms with E-state index in [1.54, 1.807) is 13.1 Å². The van der Waals surface area contributed by atoms with E-state index in [4.69, 9.17) is 0 Å². The van der Waals surface area contributed by atoms with E-state index in [9.17, 15) is 4.79 Å². The minimum Gasteiger partial charge on any atom is -0.299 e. The molecule has 0 aliphatic carbocycles. The largest absolute Gasteiger partial charge is 0.299 e. The van der Waals surface area contributed by atoms with Crippen molar-refractivity contribution < 1.29 is 4.79 Å². The van der Waals surface area contributed by atoms with Crippen molar-refractivity contribution in [1.29, 1.82) is 0 Å². The van der Waals surface area contributed by atoms with Gasteiger partial charge in [-0.1, -0.05) is 0 Å². The maximum Gasteiger partial charge on any atom is 0.142 e. The second kappa shape index (κ2) is 4.24. The highest BCUT2D eigenvalue weighted by Crippen LogP contribution is 1.74. The highest BCUT2D eigenvalue weighted by molar-refractivity contribution is 5.95. The lowest BCUT2D eigenvalue weighted by atomic mass is 10.4. The van der Waals surface area contributed by atoms with Gasteiger partial charge in [-0.15, -0.1) is 0 Å². The summed E-state index contributed by atoms with van der Waals surface area (Å²) in [4.78, 5) is 13.5. The summed E-state index contributed by atoms with van der Waals surface area (Å²) in [6.45, 7) is 1.83. The molecule has 0 aliphatic rings. The van der Waals surface area contributed by atoms with E-state index >= 15 is 0 Å². The van der Waals surface area contributed by atoms with Crippen LogP contribution < -0.4 is 0 Å². The fourth-order valence-corrected chi connectivity index (χ4v) is 0.253. The molecule has 0 N–H and O–H groups in total. The fourth-order valence-electron chi connectivity index (χ4n) is 0.253. The number of carbonyl (C=O) groups is 1. The van der Waals surface area contributed by atoms with Crippen LogP contribution in [-0.4, -0.2) is 19.0 Å². The van der Waals surface area contributed by atoms with Crippen molar-refractivity contribution in [2.45, 2.75) is 6.92 Å². The number of hydrogen-bond acceptors (Lipinski definition) is 2. The van der Waals surface area contributed by atoms with Gasteiger partial charge in [-0.2, -0.15) is 0 Å². The molecule has 2 heteroatoms. The summed E-state index contributed by atoms with van der Waals surface area (Å²) in [6, 6.07) is 0. The van der Waals surface area contributed by atoms with Gasteiger partial charge in [-0.3, -0.25) is 9.79 Å². The summed E-state index contributed by atoms with van der Waals surface area (Å²) in [7, 11) is 1.68. The predicted octanol–water partition coefficient (Wildman–Crippen LogP) is 0.832. The third-order valence-electron chi connectivity index (χ3n) is 0.769. The SMILES string of the molecule is C/N=C(C)/C=C\C=O. The second-order valence-electron chi connectivity index (χ2n) is 1.36. The molecule has 0 aliphatic heterocycles. The third kappa shape index (κ3) is 3.28. The first kappa shape index (κ1) is 7.08. The van der Waals surface area contributed by atoms with Crippen LogP contribution in [0.5, 0.6) is 0 Å². The van der Waals surface area contributed by atoms with Crippen molar-refractivity contribution >= 4 is 12.0 Å². The lowest BCUT2D eigenvalue weighted by Crippen LogP contribution is -1.81. The first-order valence-corrected chi connectivity index (χ1v) is 2.36. The third-order valence-corrected chi connectivity index (χ3v) is 0.769. The Morgan fingerprint density at radius 2 is 2.25 bits per heavy atom. The van der Waals surface area contributed by atoms with Crippen molar-refractivity contribution in [1.82, 2.24) is 0 Å². The Morgan fingerprint density at radius 3 is 2.62 bits per heavy atom. The van der Waals surface area contributed by atoms with Crippen molar-refractivity contribution in [3.63, 3.8) is 0 Å². The molecule has 0 atom stereocenters. The molecule has 0 aromatic carbocycles. The molecule has 8 heavy (non-hydrogen) atoms. The molecule has 44 valence electrons. The van der Waals surface area contributed by atoms with E-state index in [0.29, 0.717) is 0 Å². The van der Waals surface area contributed by atoms with Crippen LogP contribution in [0, 0.1) is 0 Å². The van der Waals surface area contributed by atoms with Gasteiger partial charge in [0, 0.05) is 12.8 Å². The first-order valence-electron chi connectivity index (χ1n) is 2.36. The van der Waals surface area contributed by atoms with Crippen molar-refractivity contribution in [3.8, 4) is 0 Å². The molecule has 0 rings (SSSR count). The average molecular weight is 111 g/mol. The van der Waals surface area contributed by atoms with Crippen LogP contribution in [0.15, 0.2) is 17.1 Å². The quantitative estimate of drug-likeness (QED) is 0.295. The molecule has 0 heterocycles. The zero-order valence-electron chi connectivity index (χ0n) is 5.09. The fraction of sp³-hybridized carbons (Fsp3) is 0.333. The maximum absolute atomic E-state index is 9.68. The molecule has 0 aromatic rings. The zero-order chi connectivity index (χ0) is 6.41. The molecule has 0 bridgehead atoms. The standard InChI is InChI=1S/C6H9NO/c1-6(7-2)4-3-5-8/h3-5H,1-2H3/b4-3-,7-6+. The summed E-state index contributed by atoms with van der Waals surface area (Å²) in [5, 5.41) is 0. The van der Waals surface area contributed by atoms with Gasteiger partial charge >= 0.3 is 0 Å². The molecule has 0 radical (unpaired) electrons. The van der Waals surface area contributed by atoms with Crippen molar-refractivity contribution in [3.05, 3.63) is 12.2 Å². The van der Waals surface area contributed by atoms with Crippen LogP contribution in [0.4, 0.5) is 0 Å². The van der Waals surface area contributed by atoms with E-state index in [0.717, 1.165) is 12.0 Å². The number of hydrogen-bond donors (Lipinski definition) is 0. The zero-order valence-corrected chi connectivity index (χ0v) is 5.09. The summed E-state index contributed by atoms with van der Waals surface area (Å²) in [5.74, 6) is 0. The van der Waals surface area contributed by atoms with Crippen molar-refractivity contribution in [2.24, 2.45) is 4.99 Å². The van der Waals surface area contributed by atoms with Crippen LogP contribution in [0.2, 0.25) is 0 Å².